The van der Waals surface area contributed by atoms with E-state index in [2.05, 4.69) is 167 Å². The van der Waals surface area contributed by atoms with Gasteiger partial charge in [-0.15, -0.1) is 22.7 Å². The topological polar surface area (TPSA) is 9.86 Å². The Bertz CT molecular complexity index is 3310. The largest absolute Gasteiger partial charge is 0.312 e. The summed E-state index contributed by atoms with van der Waals surface area (Å²) in [5.41, 5.74) is 11.4. The van der Waals surface area contributed by atoms with Gasteiger partial charge in [-0.05, 0) is 66.9 Å². The molecule has 0 saturated carbocycles. The van der Waals surface area contributed by atoms with Crippen LogP contribution >= 0.6 is 22.7 Å². The van der Waals surface area contributed by atoms with Crippen molar-refractivity contribution in [3.8, 4) is 22.5 Å². The molecule has 12 rings (SSSR count). The molecule has 7 aromatic carbocycles. The summed E-state index contributed by atoms with van der Waals surface area (Å²) >= 11 is 3.78. The second-order valence-corrected chi connectivity index (χ2v) is 16.1. The Morgan fingerprint density at radius 1 is 0.481 bits per heavy atom. The molecule has 2 nitrogen and oxygen atoms in total. The first-order valence-electron chi connectivity index (χ1n) is 18.0. The van der Waals surface area contributed by atoms with Crippen molar-refractivity contribution in [2.24, 2.45) is 0 Å². The van der Waals surface area contributed by atoms with Crippen LogP contribution in [0.2, 0.25) is 0 Å². The second kappa shape index (κ2) is 10.8. The minimum Gasteiger partial charge on any atom is -0.312 e. The SMILES string of the molecule is C1=Cc2c(n(-c3cccc(-c4ccccc4-n4c5ccccc5c5ccc6sc7ccccc7c6c54)c3)c3c2ccc2sc4ccccc4c23)CC1. The van der Waals surface area contributed by atoms with Gasteiger partial charge in [0.15, 0.2) is 0 Å². The first kappa shape index (κ1) is 28.7. The third-order valence-electron chi connectivity index (χ3n) is 11.2. The molecule has 0 unspecified atom stereocenters. The van der Waals surface area contributed by atoms with Crippen molar-refractivity contribution in [2.45, 2.75) is 12.8 Å². The summed E-state index contributed by atoms with van der Waals surface area (Å²) in [6, 6.07) is 54.3. The van der Waals surface area contributed by atoms with Gasteiger partial charge in [0.1, 0.15) is 0 Å². The molecule has 1 aliphatic rings. The smallest absolute Gasteiger partial charge is 0.0634 e. The average Bonchev–Trinajstić information content (AvgIpc) is 3.95. The quantitative estimate of drug-likeness (QED) is 0.174. The van der Waals surface area contributed by atoms with E-state index in [4.69, 9.17) is 0 Å². The number of nitrogens with zero attached hydrogens (tertiary/aromatic N) is 2. The molecule has 1 aliphatic carbocycles. The van der Waals surface area contributed by atoms with E-state index in [1.54, 1.807) is 0 Å². The fourth-order valence-corrected chi connectivity index (χ4v) is 11.3. The van der Waals surface area contributed by atoms with Gasteiger partial charge in [0.05, 0.1) is 22.2 Å². The summed E-state index contributed by atoms with van der Waals surface area (Å²) in [7, 11) is 0. The van der Waals surface area contributed by atoms with Gasteiger partial charge in [-0.25, -0.2) is 0 Å². The highest BCUT2D eigenvalue weighted by atomic mass is 32.1. The number of hydrogen-bond acceptors (Lipinski definition) is 2. The number of allylic oxidation sites excluding steroid dienone is 1. The van der Waals surface area contributed by atoms with E-state index in [-0.39, 0.29) is 0 Å². The van der Waals surface area contributed by atoms with E-state index < -0.39 is 0 Å². The molecule has 52 heavy (non-hydrogen) atoms. The van der Waals surface area contributed by atoms with Crippen molar-refractivity contribution in [1.82, 2.24) is 9.13 Å². The molecule has 0 aliphatic heterocycles. The Kier molecular flexibility index (Phi) is 5.96. The molecule has 0 saturated heterocycles. The van der Waals surface area contributed by atoms with Crippen molar-refractivity contribution in [1.29, 1.82) is 0 Å². The third-order valence-corrected chi connectivity index (χ3v) is 13.5. The highest BCUT2D eigenvalue weighted by molar-refractivity contribution is 7.26. The summed E-state index contributed by atoms with van der Waals surface area (Å²) in [6.45, 7) is 0. The zero-order chi connectivity index (χ0) is 33.9. The maximum atomic E-state index is 2.59. The standard InChI is InChI=1S/C48H30N2S2/c1-6-19-38(50-40-21-8-3-16-33(40)35-25-27-44-46(48(35)50)37-18-5-10-23-42(37)52-44)31(14-1)29-12-11-13-30(28-29)49-39-20-7-2-15-32(39)34-24-26-43-45(47(34)49)36-17-4-9-22-41(36)51-43/h1-6,8-19,21-28H,7,20H2. The summed E-state index contributed by atoms with van der Waals surface area (Å²) < 4.78 is 10.5. The van der Waals surface area contributed by atoms with Gasteiger partial charge in [-0.3, -0.25) is 0 Å². The lowest BCUT2D eigenvalue weighted by Crippen LogP contribution is -2.03. The Morgan fingerprint density at radius 3 is 1.92 bits per heavy atom. The Balaban J connectivity index is 1.15. The molecule has 4 heterocycles. The van der Waals surface area contributed by atoms with E-state index in [0.29, 0.717) is 0 Å². The van der Waals surface area contributed by atoms with E-state index in [1.165, 1.54) is 107 Å². The van der Waals surface area contributed by atoms with Crippen LogP contribution in [0.5, 0.6) is 0 Å². The lowest BCUT2D eigenvalue weighted by Gasteiger charge is -2.17. The minimum atomic E-state index is 1.02. The highest BCUT2D eigenvalue weighted by Crippen LogP contribution is 2.46. The van der Waals surface area contributed by atoms with Gasteiger partial charge >= 0.3 is 0 Å². The van der Waals surface area contributed by atoms with Gasteiger partial charge < -0.3 is 9.13 Å². The van der Waals surface area contributed by atoms with Crippen LogP contribution in [-0.4, -0.2) is 9.13 Å². The first-order chi connectivity index (χ1) is 25.8. The molecule has 244 valence electrons. The normalized spacial score (nSPS) is 13.2. The molecular formula is C48H30N2S2. The van der Waals surface area contributed by atoms with Crippen molar-refractivity contribution in [3.63, 3.8) is 0 Å². The van der Waals surface area contributed by atoms with E-state index in [0.717, 1.165) is 12.8 Å². The van der Waals surface area contributed by atoms with Crippen molar-refractivity contribution in [2.75, 3.05) is 0 Å². The number of thiophene rings is 2. The molecule has 0 N–H and O–H groups in total. The molecule has 0 radical (unpaired) electrons. The predicted molar refractivity (Wildman–Crippen MR) is 226 cm³/mol. The Morgan fingerprint density at radius 2 is 1.13 bits per heavy atom. The third kappa shape index (κ3) is 3.88. The summed E-state index contributed by atoms with van der Waals surface area (Å²) in [5, 5.41) is 9.28. The zero-order valence-electron chi connectivity index (χ0n) is 28.1. The molecule has 0 spiro atoms. The van der Waals surface area contributed by atoms with Crippen molar-refractivity contribution in [3.05, 3.63) is 163 Å². The average molecular weight is 699 g/mol. The van der Waals surface area contributed by atoms with Crippen LogP contribution in [0.4, 0.5) is 0 Å². The number of aromatic nitrogens is 2. The van der Waals surface area contributed by atoms with Gasteiger partial charge in [-0.2, -0.15) is 0 Å². The van der Waals surface area contributed by atoms with Crippen LogP contribution in [0, 0.1) is 0 Å². The molecule has 4 heteroatoms. The zero-order valence-corrected chi connectivity index (χ0v) is 29.8. The highest BCUT2D eigenvalue weighted by Gasteiger charge is 2.24. The number of para-hydroxylation sites is 2. The van der Waals surface area contributed by atoms with Crippen LogP contribution in [-0.2, 0) is 6.42 Å². The second-order valence-electron chi connectivity index (χ2n) is 13.9. The molecular weight excluding hydrogens is 669 g/mol. The van der Waals surface area contributed by atoms with Gasteiger partial charge in [0, 0.05) is 79.0 Å². The molecule has 4 aromatic heterocycles. The lowest BCUT2D eigenvalue weighted by atomic mass is 10.0. The van der Waals surface area contributed by atoms with Crippen molar-refractivity contribution < 1.29 is 0 Å². The number of rotatable bonds is 3. The first-order valence-corrected chi connectivity index (χ1v) is 19.6. The summed E-state index contributed by atoms with van der Waals surface area (Å²) in [6.07, 6.45) is 6.78. The Labute approximate surface area is 307 Å². The van der Waals surface area contributed by atoms with E-state index in [1.807, 2.05) is 22.7 Å². The minimum absolute atomic E-state index is 1.02. The maximum Gasteiger partial charge on any atom is 0.0634 e. The lowest BCUT2D eigenvalue weighted by molar-refractivity contribution is 0.890. The molecule has 0 amide bonds. The fourth-order valence-electron chi connectivity index (χ4n) is 9.04. The van der Waals surface area contributed by atoms with Crippen LogP contribution in [0.15, 0.2) is 152 Å². The summed E-state index contributed by atoms with van der Waals surface area (Å²) in [5.74, 6) is 0. The summed E-state index contributed by atoms with van der Waals surface area (Å²) in [4.78, 5) is 0. The molecule has 11 aromatic rings. The van der Waals surface area contributed by atoms with Crippen LogP contribution in [0.3, 0.4) is 0 Å². The maximum absolute atomic E-state index is 2.59. The van der Waals surface area contributed by atoms with Crippen molar-refractivity contribution >= 4 is 102 Å². The fraction of sp³-hybridized carbons (Fsp3) is 0.0417. The number of fused-ring (bicyclic) bond motifs is 14. The molecule has 0 bridgehead atoms. The Hall–Kier alpha value is -5.94. The molecule has 0 fully saturated rings. The van der Waals surface area contributed by atoms with E-state index >= 15 is 0 Å². The monoisotopic (exact) mass is 698 g/mol. The number of benzene rings is 7. The van der Waals surface area contributed by atoms with Gasteiger partial charge in [-0.1, -0.05) is 109 Å². The van der Waals surface area contributed by atoms with Gasteiger partial charge in [0.25, 0.3) is 0 Å². The predicted octanol–water partition coefficient (Wildman–Crippen LogP) is 14.1. The van der Waals surface area contributed by atoms with Crippen LogP contribution < -0.4 is 0 Å². The van der Waals surface area contributed by atoms with Gasteiger partial charge in [0.2, 0.25) is 0 Å². The number of hydrogen-bond donors (Lipinski definition) is 0. The van der Waals surface area contributed by atoms with E-state index in [9.17, 15) is 0 Å². The van der Waals surface area contributed by atoms with Crippen LogP contribution in [0.25, 0.3) is 102 Å². The van der Waals surface area contributed by atoms with Crippen LogP contribution in [0.1, 0.15) is 17.7 Å². The molecule has 0 atom stereocenters.